The lowest BCUT2D eigenvalue weighted by atomic mass is 10.2. The molecule has 4 heteroatoms. The Balaban J connectivity index is 2.58. The molecule has 1 rings (SSSR count). The molecule has 0 aliphatic carbocycles. The third-order valence-electron chi connectivity index (χ3n) is 2.36. The Bertz CT molecular complexity index is 475. The summed E-state index contributed by atoms with van der Waals surface area (Å²) in [5, 5.41) is 11.2. The Hall–Kier alpha value is -2.28. The van der Waals surface area contributed by atoms with E-state index in [-0.39, 0.29) is 11.8 Å². The molecule has 0 heterocycles. The molecule has 0 spiro atoms. The smallest absolute Gasteiger partial charge is 0.244 e. The van der Waals surface area contributed by atoms with E-state index in [1.807, 2.05) is 24.3 Å². The second-order valence-corrected chi connectivity index (χ2v) is 3.85. The van der Waals surface area contributed by atoms with Gasteiger partial charge in [-0.15, -0.1) is 0 Å². The van der Waals surface area contributed by atoms with Crippen LogP contribution in [0.4, 0.5) is 0 Å². The maximum absolute atomic E-state index is 11.5. The molecule has 0 saturated heterocycles. The maximum Gasteiger partial charge on any atom is 0.244 e. The van der Waals surface area contributed by atoms with Gasteiger partial charge in [0.25, 0.3) is 0 Å². The molecule has 1 aromatic rings. The highest BCUT2D eigenvalue weighted by molar-refractivity contribution is 5.92. The monoisotopic (exact) mass is 244 g/mol. The van der Waals surface area contributed by atoms with Crippen LogP contribution in [0, 0.1) is 17.2 Å². The van der Waals surface area contributed by atoms with E-state index in [1.54, 1.807) is 20.1 Å². The molecule has 1 N–H and O–H groups in total. The molecule has 1 unspecified atom stereocenters. The predicted molar refractivity (Wildman–Crippen MR) is 69.8 cm³/mol. The van der Waals surface area contributed by atoms with Crippen LogP contribution in [-0.2, 0) is 4.79 Å². The number of nitriles is 1. The molecule has 4 nitrogen and oxygen atoms in total. The van der Waals surface area contributed by atoms with Crippen molar-refractivity contribution in [3.8, 4) is 11.8 Å². The molecule has 0 bridgehead atoms. The van der Waals surface area contributed by atoms with Crippen LogP contribution in [0.15, 0.2) is 30.3 Å². The van der Waals surface area contributed by atoms with Gasteiger partial charge in [-0.3, -0.25) is 4.79 Å². The molecule has 1 atom stereocenters. The largest absolute Gasteiger partial charge is 0.496 e. The Kier molecular flexibility index (Phi) is 5.46. The lowest BCUT2D eigenvalue weighted by Crippen LogP contribution is -2.25. The molecule has 1 aromatic carbocycles. The number of carbonyl (C=O) groups excluding carboxylic acids is 1. The van der Waals surface area contributed by atoms with E-state index in [0.717, 1.165) is 5.56 Å². The summed E-state index contributed by atoms with van der Waals surface area (Å²) in [5.41, 5.74) is 0.837. The van der Waals surface area contributed by atoms with Crippen LogP contribution in [0.5, 0.6) is 5.75 Å². The Morgan fingerprint density at radius 1 is 1.56 bits per heavy atom. The summed E-state index contributed by atoms with van der Waals surface area (Å²) in [6.07, 6.45) is 3.12. The molecule has 18 heavy (non-hydrogen) atoms. The van der Waals surface area contributed by atoms with E-state index in [9.17, 15) is 4.79 Å². The standard InChI is InChI=1S/C14H16N2O2/c1-11(9-15)10-16-14(17)8-7-12-5-3-4-6-13(12)18-2/h3-8,11H,10H2,1-2H3,(H,16,17)/b8-7+. The third-order valence-corrected chi connectivity index (χ3v) is 2.36. The summed E-state index contributed by atoms with van der Waals surface area (Å²) in [5.74, 6) is 0.309. The lowest BCUT2D eigenvalue weighted by molar-refractivity contribution is -0.116. The van der Waals surface area contributed by atoms with Crippen molar-refractivity contribution in [3.05, 3.63) is 35.9 Å². The highest BCUT2D eigenvalue weighted by Crippen LogP contribution is 2.18. The van der Waals surface area contributed by atoms with Crippen LogP contribution in [0.1, 0.15) is 12.5 Å². The Morgan fingerprint density at radius 2 is 2.28 bits per heavy atom. The lowest BCUT2D eigenvalue weighted by Gasteiger charge is -2.04. The minimum absolute atomic E-state index is 0.186. The number of para-hydroxylation sites is 1. The molecule has 1 amide bonds. The Labute approximate surface area is 107 Å². The first-order chi connectivity index (χ1) is 8.67. The maximum atomic E-state index is 11.5. The van der Waals surface area contributed by atoms with Gasteiger partial charge in [-0.05, 0) is 19.1 Å². The normalized spacial score (nSPS) is 11.8. The minimum atomic E-state index is -0.219. The summed E-state index contributed by atoms with van der Waals surface area (Å²) in [4.78, 5) is 11.5. The summed E-state index contributed by atoms with van der Waals surface area (Å²) < 4.78 is 5.17. The summed E-state index contributed by atoms with van der Waals surface area (Å²) in [6.45, 7) is 2.11. The van der Waals surface area contributed by atoms with E-state index in [0.29, 0.717) is 12.3 Å². The fourth-order valence-corrected chi connectivity index (χ4v) is 1.33. The molecular formula is C14H16N2O2. The van der Waals surface area contributed by atoms with Gasteiger partial charge in [0.2, 0.25) is 5.91 Å². The number of hydrogen-bond acceptors (Lipinski definition) is 3. The number of nitrogens with one attached hydrogen (secondary N) is 1. The highest BCUT2D eigenvalue weighted by Gasteiger charge is 2.02. The van der Waals surface area contributed by atoms with E-state index < -0.39 is 0 Å². The zero-order valence-electron chi connectivity index (χ0n) is 10.5. The number of methoxy groups -OCH3 is 1. The molecule has 0 aliphatic heterocycles. The van der Waals surface area contributed by atoms with Gasteiger partial charge in [0, 0.05) is 18.2 Å². The number of hydrogen-bond donors (Lipinski definition) is 1. The quantitative estimate of drug-likeness (QED) is 0.806. The van der Waals surface area contributed by atoms with Crippen LogP contribution >= 0.6 is 0 Å². The first-order valence-corrected chi connectivity index (χ1v) is 5.66. The average Bonchev–Trinajstić information content (AvgIpc) is 2.42. The van der Waals surface area contributed by atoms with Crippen LogP contribution in [0.2, 0.25) is 0 Å². The number of ether oxygens (including phenoxy) is 1. The van der Waals surface area contributed by atoms with Gasteiger partial charge in [0.1, 0.15) is 5.75 Å². The molecule has 0 aliphatic rings. The van der Waals surface area contributed by atoms with E-state index >= 15 is 0 Å². The fourth-order valence-electron chi connectivity index (χ4n) is 1.33. The SMILES string of the molecule is COc1ccccc1/C=C/C(=O)NCC(C)C#N. The number of amides is 1. The second-order valence-electron chi connectivity index (χ2n) is 3.85. The van der Waals surface area contributed by atoms with Crippen LogP contribution in [0.3, 0.4) is 0 Å². The third kappa shape index (κ3) is 4.30. The van der Waals surface area contributed by atoms with E-state index in [2.05, 4.69) is 11.4 Å². The number of rotatable bonds is 5. The van der Waals surface area contributed by atoms with Gasteiger partial charge < -0.3 is 10.1 Å². The molecule has 0 radical (unpaired) electrons. The van der Waals surface area contributed by atoms with Crippen molar-refractivity contribution in [2.45, 2.75) is 6.92 Å². The van der Waals surface area contributed by atoms with Crippen molar-refractivity contribution in [1.29, 1.82) is 5.26 Å². The second kappa shape index (κ2) is 7.13. The van der Waals surface area contributed by atoms with Crippen molar-refractivity contribution in [2.24, 2.45) is 5.92 Å². The van der Waals surface area contributed by atoms with Gasteiger partial charge in [0.05, 0.1) is 19.1 Å². The topological polar surface area (TPSA) is 62.1 Å². The number of carbonyl (C=O) groups is 1. The van der Waals surface area contributed by atoms with Crippen molar-refractivity contribution in [1.82, 2.24) is 5.32 Å². The summed E-state index contributed by atoms with van der Waals surface area (Å²) in [6, 6.07) is 9.48. The van der Waals surface area contributed by atoms with Gasteiger partial charge in [-0.2, -0.15) is 5.26 Å². The van der Waals surface area contributed by atoms with E-state index in [1.165, 1.54) is 6.08 Å². The van der Waals surface area contributed by atoms with Gasteiger partial charge in [0.15, 0.2) is 0 Å². The fraction of sp³-hybridized carbons (Fsp3) is 0.286. The van der Waals surface area contributed by atoms with Crippen LogP contribution in [-0.4, -0.2) is 19.6 Å². The van der Waals surface area contributed by atoms with Crippen molar-refractivity contribution in [3.63, 3.8) is 0 Å². The van der Waals surface area contributed by atoms with Crippen molar-refractivity contribution in [2.75, 3.05) is 13.7 Å². The van der Waals surface area contributed by atoms with Crippen LogP contribution in [0.25, 0.3) is 6.08 Å². The molecule has 0 saturated carbocycles. The number of nitrogens with zero attached hydrogens (tertiary/aromatic N) is 1. The molecular weight excluding hydrogens is 228 g/mol. The highest BCUT2D eigenvalue weighted by atomic mass is 16.5. The first kappa shape index (κ1) is 13.8. The number of benzene rings is 1. The van der Waals surface area contributed by atoms with Crippen molar-refractivity contribution >= 4 is 12.0 Å². The zero-order valence-corrected chi connectivity index (χ0v) is 10.5. The molecule has 94 valence electrons. The average molecular weight is 244 g/mol. The van der Waals surface area contributed by atoms with Crippen molar-refractivity contribution < 1.29 is 9.53 Å². The van der Waals surface area contributed by atoms with Gasteiger partial charge in [-0.1, -0.05) is 18.2 Å². The van der Waals surface area contributed by atoms with E-state index in [4.69, 9.17) is 10.00 Å². The summed E-state index contributed by atoms with van der Waals surface area (Å²) in [7, 11) is 1.58. The first-order valence-electron chi connectivity index (χ1n) is 5.66. The molecule has 0 aromatic heterocycles. The predicted octanol–water partition coefficient (Wildman–Crippen LogP) is 1.98. The summed E-state index contributed by atoms with van der Waals surface area (Å²) >= 11 is 0. The minimum Gasteiger partial charge on any atom is -0.496 e. The molecule has 0 fully saturated rings. The van der Waals surface area contributed by atoms with Crippen LogP contribution < -0.4 is 10.1 Å². The Morgan fingerprint density at radius 3 is 2.94 bits per heavy atom. The van der Waals surface area contributed by atoms with Gasteiger partial charge in [-0.25, -0.2) is 0 Å². The zero-order chi connectivity index (χ0) is 13.4. The van der Waals surface area contributed by atoms with Gasteiger partial charge >= 0.3 is 0 Å².